The summed E-state index contributed by atoms with van der Waals surface area (Å²) < 4.78 is 1.08. The first-order chi connectivity index (χ1) is 15.2. The number of aliphatic carboxylic acids is 1. The Kier molecular flexibility index (Phi) is 5.56. The van der Waals surface area contributed by atoms with Gasteiger partial charge in [-0.25, -0.2) is 0 Å². The number of halogens is 1. The normalized spacial score (nSPS) is 34.5. The maximum absolute atomic E-state index is 13.5. The molecule has 5 fully saturated rings. The zero-order chi connectivity index (χ0) is 22.7. The lowest BCUT2D eigenvalue weighted by atomic mass is 9.48. The number of hydrogen-bond donors (Lipinski definition) is 2. The molecule has 6 nitrogen and oxygen atoms in total. The lowest BCUT2D eigenvalue weighted by molar-refractivity contribution is -0.168. The van der Waals surface area contributed by atoms with E-state index in [1.807, 2.05) is 13.8 Å². The predicted molar refractivity (Wildman–Crippen MR) is 128 cm³/mol. The maximum Gasteiger partial charge on any atom is 0.309 e. The van der Waals surface area contributed by atoms with Gasteiger partial charge in [-0.2, -0.15) is 0 Å². The third-order valence-electron chi connectivity index (χ3n) is 8.84. The van der Waals surface area contributed by atoms with Crippen LogP contribution in [0.25, 0.3) is 0 Å². The van der Waals surface area contributed by atoms with E-state index in [9.17, 15) is 14.7 Å². The molecule has 1 amide bonds. The van der Waals surface area contributed by atoms with Crippen molar-refractivity contribution in [1.82, 2.24) is 10.2 Å². The Bertz CT molecular complexity index is 878. The minimum Gasteiger partial charge on any atom is -0.481 e. The van der Waals surface area contributed by atoms with Gasteiger partial charge in [0.25, 0.3) is 0 Å². The van der Waals surface area contributed by atoms with Crippen LogP contribution in [-0.2, 0) is 9.59 Å². The van der Waals surface area contributed by atoms with Gasteiger partial charge in [-0.1, -0.05) is 15.9 Å². The lowest BCUT2D eigenvalue weighted by Crippen LogP contribution is -2.66. The molecule has 7 heteroatoms. The van der Waals surface area contributed by atoms with Crippen LogP contribution in [0.1, 0.15) is 46.0 Å². The van der Waals surface area contributed by atoms with Gasteiger partial charge < -0.3 is 15.3 Å². The van der Waals surface area contributed by atoms with Crippen LogP contribution in [0.4, 0.5) is 5.69 Å². The number of benzene rings is 1. The van der Waals surface area contributed by atoms with E-state index in [0.717, 1.165) is 62.8 Å². The van der Waals surface area contributed by atoms with E-state index in [1.54, 1.807) is 0 Å². The highest BCUT2D eigenvalue weighted by Gasteiger charge is 2.59. The van der Waals surface area contributed by atoms with Crippen molar-refractivity contribution in [3.05, 3.63) is 28.7 Å². The zero-order valence-electron chi connectivity index (χ0n) is 19.0. The number of amides is 1. The summed E-state index contributed by atoms with van der Waals surface area (Å²) in [6.45, 7) is 7.56. The highest BCUT2D eigenvalue weighted by molar-refractivity contribution is 9.10. The summed E-state index contributed by atoms with van der Waals surface area (Å²) in [7, 11) is 0. The smallest absolute Gasteiger partial charge is 0.309 e. The number of carboxylic acid groups (broad SMARTS) is 1. The van der Waals surface area contributed by atoms with E-state index in [0.29, 0.717) is 17.8 Å². The number of carbonyl (C=O) groups excluding carboxylic acids is 1. The number of nitrogens with one attached hydrogen (secondary N) is 1. The van der Waals surface area contributed by atoms with E-state index in [-0.39, 0.29) is 11.9 Å². The fraction of sp³-hybridized carbons (Fsp3) is 0.680. The van der Waals surface area contributed by atoms with Crippen LogP contribution in [0.2, 0.25) is 0 Å². The number of hydrogen-bond acceptors (Lipinski definition) is 4. The Morgan fingerprint density at radius 3 is 2.19 bits per heavy atom. The molecule has 174 valence electrons. The summed E-state index contributed by atoms with van der Waals surface area (Å²) in [6.07, 6.45) is 4.44. The summed E-state index contributed by atoms with van der Waals surface area (Å²) in [5, 5.41) is 13.3. The second-order valence-electron chi connectivity index (χ2n) is 11.1. The molecule has 1 saturated heterocycles. The van der Waals surface area contributed by atoms with Crippen LogP contribution in [0.5, 0.6) is 0 Å². The lowest BCUT2D eigenvalue weighted by Gasteiger charge is -2.58. The highest BCUT2D eigenvalue weighted by Crippen LogP contribution is 2.60. The Morgan fingerprint density at radius 1 is 1.03 bits per heavy atom. The number of nitrogens with zero attached hydrogens (tertiary/aromatic N) is 2. The third kappa shape index (κ3) is 3.75. The van der Waals surface area contributed by atoms with Crippen molar-refractivity contribution in [2.24, 2.45) is 23.2 Å². The van der Waals surface area contributed by atoms with Gasteiger partial charge in [0.2, 0.25) is 5.91 Å². The fourth-order valence-electron chi connectivity index (χ4n) is 7.17. The minimum atomic E-state index is -0.620. The van der Waals surface area contributed by atoms with Gasteiger partial charge >= 0.3 is 5.97 Å². The molecule has 0 aromatic heterocycles. The largest absolute Gasteiger partial charge is 0.481 e. The molecule has 4 bridgehead atoms. The van der Waals surface area contributed by atoms with Gasteiger partial charge in [-0.3, -0.25) is 14.5 Å². The van der Waals surface area contributed by atoms with Gasteiger partial charge in [0.1, 0.15) is 0 Å². The quantitative estimate of drug-likeness (QED) is 0.639. The van der Waals surface area contributed by atoms with Crippen molar-refractivity contribution >= 4 is 33.5 Å². The Balaban J connectivity index is 1.21. The standard InChI is InChI=1S/C25H34BrN3O3/c1-24(2,29-9-7-28(8-10-29)20-5-3-19(26)4-6-20)22(30)27-21-17-11-16-12-18(21)15-25(13-16,14-17)23(31)32/h3-6,16-18,21H,7-15H2,1-2H3,(H,27,30)(H,31,32). The van der Waals surface area contributed by atoms with Gasteiger partial charge in [0.05, 0.1) is 11.0 Å². The molecule has 2 atom stereocenters. The minimum absolute atomic E-state index is 0.0939. The molecule has 4 saturated carbocycles. The molecule has 1 aromatic rings. The van der Waals surface area contributed by atoms with Crippen LogP contribution in [0.15, 0.2) is 28.7 Å². The van der Waals surface area contributed by atoms with Gasteiger partial charge in [-0.15, -0.1) is 0 Å². The zero-order valence-corrected chi connectivity index (χ0v) is 20.6. The molecular formula is C25H34BrN3O3. The average Bonchev–Trinajstić information content (AvgIpc) is 2.76. The third-order valence-corrected chi connectivity index (χ3v) is 9.37. The van der Waals surface area contributed by atoms with Crippen molar-refractivity contribution in [3.63, 3.8) is 0 Å². The molecule has 4 aliphatic carbocycles. The number of anilines is 1. The van der Waals surface area contributed by atoms with E-state index in [4.69, 9.17) is 0 Å². The number of carbonyl (C=O) groups is 2. The van der Waals surface area contributed by atoms with Crippen molar-refractivity contribution in [2.45, 2.75) is 57.5 Å². The molecule has 1 aliphatic heterocycles. The topological polar surface area (TPSA) is 72.9 Å². The van der Waals surface area contributed by atoms with Gasteiger partial charge in [0.15, 0.2) is 0 Å². The Labute approximate surface area is 198 Å². The fourth-order valence-corrected chi connectivity index (χ4v) is 7.43. The summed E-state index contributed by atoms with van der Waals surface area (Å²) >= 11 is 3.49. The monoisotopic (exact) mass is 503 g/mol. The summed E-state index contributed by atoms with van der Waals surface area (Å²) in [5.41, 5.74) is 0.109. The summed E-state index contributed by atoms with van der Waals surface area (Å²) in [5.74, 6) is 0.622. The maximum atomic E-state index is 13.5. The highest BCUT2D eigenvalue weighted by atomic mass is 79.9. The van der Waals surface area contributed by atoms with Crippen molar-refractivity contribution in [3.8, 4) is 0 Å². The number of carboxylic acids is 1. The van der Waals surface area contributed by atoms with Crippen LogP contribution < -0.4 is 10.2 Å². The first kappa shape index (κ1) is 22.2. The molecule has 1 heterocycles. The van der Waals surface area contributed by atoms with E-state index < -0.39 is 16.9 Å². The molecule has 5 aliphatic rings. The molecule has 6 rings (SSSR count). The van der Waals surface area contributed by atoms with Crippen LogP contribution >= 0.6 is 15.9 Å². The molecular weight excluding hydrogens is 470 g/mol. The van der Waals surface area contributed by atoms with Crippen molar-refractivity contribution < 1.29 is 14.7 Å². The SMILES string of the molecule is CC(C)(C(=O)NC1C2CC3CC1CC(C(=O)O)(C3)C2)N1CCN(c2ccc(Br)cc2)CC1. The van der Waals surface area contributed by atoms with E-state index in [2.05, 4.69) is 55.3 Å². The second kappa shape index (κ2) is 8.01. The van der Waals surface area contributed by atoms with Crippen LogP contribution in [0.3, 0.4) is 0 Å². The molecule has 0 radical (unpaired) electrons. The number of piperazine rings is 1. The first-order valence-electron chi connectivity index (χ1n) is 12.0. The van der Waals surface area contributed by atoms with E-state index in [1.165, 1.54) is 5.69 Å². The summed E-state index contributed by atoms with van der Waals surface area (Å²) in [6, 6.07) is 8.54. The van der Waals surface area contributed by atoms with Crippen LogP contribution in [-0.4, -0.2) is 59.6 Å². The number of rotatable bonds is 5. The van der Waals surface area contributed by atoms with Crippen molar-refractivity contribution in [1.29, 1.82) is 0 Å². The first-order valence-corrected chi connectivity index (χ1v) is 12.8. The Morgan fingerprint density at radius 2 is 1.62 bits per heavy atom. The molecule has 0 spiro atoms. The second-order valence-corrected chi connectivity index (χ2v) is 12.0. The average molecular weight is 504 g/mol. The van der Waals surface area contributed by atoms with Crippen LogP contribution in [0, 0.1) is 23.2 Å². The van der Waals surface area contributed by atoms with Gasteiger partial charge in [-0.05, 0) is 88.0 Å². The predicted octanol–water partition coefficient (Wildman–Crippen LogP) is 3.75. The molecule has 2 N–H and O–H groups in total. The Hall–Kier alpha value is -1.60. The summed E-state index contributed by atoms with van der Waals surface area (Å²) in [4.78, 5) is 30.1. The van der Waals surface area contributed by atoms with Crippen molar-refractivity contribution in [2.75, 3.05) is 31.1 Å². The van der Waals surface area contributed by atoms with Gasteiger partial charge in [0, 0.05) is 42.4 Å². The van der Waals surface area contributed by atoms with E-state index >= 15 is 0 Å². The molecule has 1 aromatic carbocycles. The molecule has 2 unspecified atom stereocenters. The molecule has 32 heavy (non-hydrogen) atoms.